The third kappa shape index (κ3) is 2.79. The molecule has 0 amide bonds. The zero-order valence-corrected chi connectivity index (χ0v) is 14.1. The van der Waals surface area contributed by atoms with Crippen molar-refractivity contribution >= 4 is 11.5 Å². The molecule has 0 bridgehead atoms. The molecule has 0 N–H and O–H groups in total. The van der Waals surface area contributed by atoms with E-state index in [4.69, 9.17) is 10.00 Å². The smallest absolute Gasteiger partial charge is 0.248 e. The van der Waals surface area contributed by atoms with Crippen LogP contribution in [0.4, 0.5) is 0 Å². The number of hydrazone groups is 1. The van der Waals surface area contributed by atoms with Gasteiger partial charge in [-0.05, 0) is 6.07 Å². The first-order chi connectivity index (χ1) is 13.1. The van der Waals surface area contributed by atoms with E-state index in [2.05, 4.69) is 5.10 Å². The SMILES string of the molecule is N#CCC(=O)C1=NN(C2C=CCC([N+](=O)[O-])=C2)C2C1=COc1ccccc12. The summed E-state index contributed by atoms with van der Waals surface area (Å²) in [7, 11) is 0. The highest BCUT2D eigenvalue weighted by Gasteiger charge is 2.42. The van der Waals surface area contributed by atoms with E-state index in [1.807, 2.05) is 36.4 Å². The van der Waals surface area contributed by atoms with Gasteiger partial charge in [0.15, 0.2) is 5.78 Å². The Balaban J connectivity index is 1.80. The third-order valence-electron chi connectivity index (χ3n) is 4.64. The molecule has 0 saturated carbocycles. The van der Waals surface area contributed by atoms with Crippen molar-refractivity contribution in [2.45, 2.75) is 24.9 Å². The summed E-state index contributed by atoms with van der Waals surface area (Å²) < 4.78 is 5.64. The Kier molecular flexibility index (Phi) is 4.05. The van der Waals surface area contributed by atoms with Gasteiger partial charge in [-0.1, -0.05) is 30.4 Å². The third-order valence-corrected chi connectivity index (χ3v) is 4.64. The van der Waals surface area contributed by atoms with Crippen LogP contribution in [0.25, 0.3) is 0 Å². The van der Waals surface area contributed by atoms with Gasteiger partial charge < -0.3 is 4.74 Å². The quantitative estimate of drug-likeness (QED) is 0.463. The van der Waals surface area contributed by atoms with E-state index in [9.17, 15) is 14.9 Å². The van der Waals surface area contributed by atoms with Gasteiger partial charge in [0, 0.05) is 17.2 Å². The van der Waals surface area contributed by atoms with Gasteiger partial charge >= 0.3 is 0 Å². The molecule has 1 aromatic rings. The number of allylic oxidation sites excluding steroid dienone is 1. The highest BCUT2D eigenvalue weighted by molar-refractivity contribution is 6.47. The number of carbonyl (C=O) groups is 1. The Bertz CT molecular complexity index is 999. The molecular weight excluding hydrogens is 348 g/mol. The van der Waals surface area contributed by atoms with Gasteiger partial charge in [0.25, 0.3) is 0 Å². The second-order valence-corrected chi connectivity index (χ2v) is 6.26. The number of ether oxygens (including phenoxy) is 1. The van der Waals surface area contributed by atoms with E-state index in [-0.39, 0.29) is 24.3 Å². The Morgan fingerprint density at radius 2 is 2.26 bits per heavy atom. The lowest BCUT2D eigenvalue weighted by atomic mass is 9.91. The van der Waals surface area contributed by atoms with Crippen LogP contribution in [0, 0.1) is 21.4 Å². The molecule has 1 aliphatic carbocycles. The van der Waals surface area contributed by atoms with Crippen LogP contribution in [-0.2, 0) is 4.79 Å². The van der Waals surface area contributed by atoms with Crippen molar-refractivity contribution in [2.24, 2.45) is 5.10 Å². The fourth-order valence-corrected chi connectivity index (χ4v) is 3.43. The number of nitrogens with zero attached hydrogens (tertiary/aromatic N) is 4. The Morgan fingerprint density at radius 1 is 1.44 bits per heavy atom. The number of nitriles is 1. The molecule has 2 unspecified atom stereocenters. The lowest BCUT2D eigenvalue weighted by Crippen LogP contribution is -2.32. The maximum atomic E-state index is 12.4. The van der Waals surface area contributed by atoms with Crippen LogP contribution in [0.15, 0.2) is 65.1 Å². The van der Waals surface area contributed by atoms with Crippen molar-refractivity contribution in [2.75, 3.05) is 0 Å². The van der Waals surface area contributed by atoms with Crippen LogP contribution in [0.1, 0.15) is 24.4 Å². The molecule has 2 heterocycles. The fourth-order valence-electron chi connectivity index (χ4n) is 3.43. The Morgan fingerprint density at radius 3 is 3.04 bits per heavy atom. The van der Waals surface area contributed by atoms with Crippen LogP contribution < -0.4 is 4.74 Å². The van der Waals surface area contributed by atoms with Crippen molar-refractivity contribution in [1.82, 2.24) is 5.01 Å². The fraction of sp³-hybridized carbons (Fsp3) is 0.211. The summed E-state index contributed by atoms with van der Waals surface area (Å²) in [4.78, 5) is 23.2. The topological polar surface area (TPSA) is 109 Å². The zero-order valence-electron chi connectivity index (χ0n) is 14.1. The number of benzene rings is 1. The predicted molar refractivity (Wildman–Crippen MR) is 95.0 cm³/mol. The van der Waals surface area contributed by atoms with Gasteiger partial charge in [-0.3, -0.25) is 19.9 Å². The Labute approximate surface area is 154 Å². The molecule has 4 rings (SSSR count). The number of rotatable bonds is 4. The van der Waals surface area contributed by atoms with E-state index in [1.54, 1.807) is 11.1 Å². The van der Waals surface area contributed by atoms with Gasteiger partial charge in [0.05, 0.1) is 29.7 Å². The van der Waals surface area contributed by atoms with Gasteiger partial charge in [0.2, 0.25) is 5.70 Å². The number of hydrogen-bond donors (Lipinski definition) is 0. The average molecular weight is 362 g/mol. The molecule has 1 aromatic carbocycles. The number of fused-ring (bicyclic) bond motifs is 3. The van der Waals surface area contributed by atoms with Crippen molar-refractivity contribution in [3.05, 3.63) is 75.7 Å². The molecule has 27 heavy (non-hydrogen) atoms. The number of para-hydroxylation sites is 1. The first-order valence-electron chi connectivity index (χ1n) is 8.35. The highest BCUT2D eigenvalue weighted by atomic mass is 16.6. The van der Waals surface area contributed by atoms with Crippen molar-refractivity contribution < 1.29 is 14.5 Å². The molecule has 134 valence electrons. The van der Waals surface area contributed by atoms with Crippen molar-refractivity contribution in [3.8, 4) is 11.8 Å². The van der Waals surface area contributed by atoms with Crippen LogP contribution in [-0.4, -0.2) is 27.5 Å². The summed E-state index contributed by atoms with van der Waals surface area (Å²) in [5.74, 6) is 0.233. The zero-order chi connectivity index (χ0) is 19.0. The number of nitro groups is 1. The summed E-state index contributed by atoms with van der Waals surface area (Å²) in [5, 5.41) is 26.2. The van der Waals surface area contributed by atoms with E-state index in [0.717, 1.165) is 5.56 Å². The van der Waals surface area contributed by atoms with Gasteiger partial charge in [-0.15, -0.1) is 0 Å². The monoisotopic (exact) mass is 362 g/mol. The summed E-state index contributed by atoms with van der Waals surface area (Å²) in [6, 6.07) is 8.33. The van der Waals surface area contributed by atoms with E-state index in [1.165, 1.54) is 12.3 Å². The number of carbonyl (C=O) groups excluding carboxylic acids is 1. The summed E-state index contributed by atoms with van der Waals surface area (Å²) >= 11 is 0. The molecule has 8 nitrogen and oxygen atoms in total. The first kappa shape index (κ1) is 16.7. The maximum Gasteiger partial charge on any atom is 0.248 e. The molecule has 0 spiro atoms. The molecule has 8 heteroatoms. The predicted octanol–water partition coefficient (Wildman–Crippen LogP) is 2.65. The van der Waals surface area contributed by atoms with Crippen molar-refractivity contribution in [1.29, 1.82) is 5.26 Å². The van der Waals surface area contributed by atoms with E-state index < -0.39 is 22.8 Å². The van der Waals surface area contributed by atoms with Crippen LogP contribution >= 0.6 is 0 Å². The molecule has 3 aliphatic rings. The normalized spacial score (nSPS) is 22.5. The van der Waals surface area contributed by atoms with E-state index >= 15 is 0 Å². The number of Topliss-reactive ketones (excluding diaryl/α,β-unsaturated/α-hetero) is 1. The second-order valence-electron chi connectivity index (χ2n) is 6.26. The number of hydrogen-bond acceptors (Lipinski definition) is 7. The molecule has 2 atom stereocenters. The minimum Gasteiger partial charge on any atom is -0.464 e. The molecular formula is C19H14N4O4. The minimum atomic E-state index is -0.480. The second kappa shape index (κ2) is 6.53. The lowest BCUT2D eigenvalue weighted by Gasteiger charge is -2.32. The molecule has 0 saturated heterocycles. The molecule has 0 aromatic heterocycles. The minimum absolute atomic E-state index is 0.0837. The summed E-state index contributed by atoms with van der Waals surface area (Å²) in [6.45, 7) is 0. The van der Waals surface area contributed by atoms with Crippen LogP contribution in [0.5, 0.6) is 5.75 Å². The van der Waals surface area contributed by atoms with Crippen LogP contribution in [0.2, 0.25) is 0 Å². The summed E-state index contributed by atoms with van der Waals surface area (Å²) in [6.07, 6.45) is 6.51. The average Bonchev–Trinajstić information content (AvgIpc) is 3.08. The molecule has 0 fully saturated rings. The highest BCUT2D eigenvalue weighted by Crippen LogP contribution is 2.44. The number of ketones is 1. The Hall–Kier alpha value is -3.73. The standard InChI is InChI=1S/C19H14N4O4/c20-9-8-16(24)18-15-11-27-17-7-2-1-6-14(17)19(15)22(21-18)12-4-3-5-13(10-12)23(25)26/h1-4,6-7,10-12,19H,5,8H2. The summed E-state index contributed by atoms with van der Waals surface area (Å²) in [5.41, 5.74) is 1.61. The van der Waals surface area contributed by atoms with Gasteiger partial charge in [0.1, 0.15) is 23.9 Å². The van der Waals surface area contributed by atoms with Gasteiger partial charge in [-0.25, -0.2) is 0 Å². The van der Waals surface area contributed by atoms with E-state index in [0.29, 0.717) is 11.3 Å². The molecule has 2 aliphatic heterocycles. The van der Waals surface area contributed by atoms with Gasteiger partial charge in [-0.2, -0.15) is 10.4 Å². The lowest BCUT2D eigenvalue weighted by molar-refractivity contribution is -0.427. The first-order valence-corrected chi connectivity index (χ1v) is 8.35. The van der Waals surface area contributed by atoms with Crippen molar-refractivity contribution in [3.63, 3.8) is 0 Å². The largest absolute Gasteiger partial charge is 0.464 e. The molecule has 0 radical (unpaired) electrons. The van der Waals surface area contributed by atoms with Crippen LogP contribution in [0.3, 0.4) is 0 Å². The maximum absolute atomic E-state index is 12.4.